The molecular formula is C10H15NO3S. The lowest BCUT2D eigenvalue weighted by Crippen LogP contribution is -2.19. The first kappa shape index (κ1) is 13.8. The SMILES string of the molecule is COc1ccc(C)cc1.O=C(CS)NO. The molecule has 2 N–H and O–H groups in total. The van der Waals surface area contributed by atoms with Crippen molar-refractivity contribution < 1.29 is 14.7 Å². The molecule has 0 bridgehead atoms. The molecule has 0 aliphatic heterocycles. The van der Waals surface area contributed by atoms with Crippen LogP contribution in [0.25, 0.3) is 0 Å². The number of hydrogen-bond acceptors (Lipinski definition) is 4. The van der Waals surface area contributed by atoms with Gasteiger partial charge in [0, 0.05) is 0 Å². The third-order valence-electron chi connectivity index (χ3n) is 1.52. The molecule has 0 fully saturated rings. The zero-order chi connectivity index (χ0) is 11.7. The molecule has 0 saturated heterocycles. The molecule has 0 saturated carbocycles. The number of rotatable bonds is 2. The highest BCUT2D eigenvalue weighted by atomic mass is 32.1. The number of hydrogen-bond donors (Lipinski definition) is 3. The number of aryl methyl sites for hydroxylation is 1. The van der Waals surface area contributed by atoms with Gasteiger partial charge in [0.25, 0.3) is 5.91 Å². The molecule has 4 nitrogen and oxygen atoms in total. The number of hydroxylamine groups is 1. The second kappa shape index (κ2) is 8.14. The zero-order valence-corrected chi connectivity index (χ0v) is 9.62. The van der Waals surface area contributed by atoms with Gasteiger partial charge in [-0.1, -0.05) is 17.7 Å². The van der Waals surface area contributed by atoms with Gasteiger partial charge < -0.3 is 4.74 Å². The molecule has 0 heterocycles. The van der Waals surface area contributed by atoms with Crippen molar-refractivity contribution in [1.29, 1.82) is 0 Å². The van der Waals surface area contributed by atoms with E-state index >= 15 is 0 Å². The van der Waals surface area contributed by atoms with Crippen LogP contribution in [0.2, 0.25) is 0 Å². The summed E-state index contributed by atoms with van der Waals surface area (Å²) in [4.78, 5) is 9.74. The summed E-state index contributed by atoms with van der Waals surface area (Å²) < 4.78 is 4.97. The fourth-order valence-corrected chi connectivity index (χ4v) is 0.780. The molecule has 84 valence electrons. The van der Waals surface area contributed by atoms with E-state index < -0.39 is 5.91 Å². The van der Waals surface area contributed by atoms with Crippen LogP contribution in [-0.4, -0.2) is 24.0 Å². The van der Waals surface area contributed by atoms with Crippen LogP contribution in [0.15, 0.2) is 24.3 Å². The van der Waals surface area contributed by atoms with Crippen molar-refractivity contribution in [1.82, 2.24) is 5.48 Å². The number of nitrogens with one attached hydrogen (secondary N) is 1. The van der Waals surface area contributed by atoms with Crippen molar-refractivity contribution in [2.24, 2.45) is 0 Å². The standard InChI is InChI=1S/C8H10O.C2H5NO2S/c1-7-3-5-8(9-2)6-4-7;4-2(1-6)3-5/h3-6H,1-2H3;5-6H,1H2,(H,3,4). The molecule has 15 heavy (non-hydrogen) atoms. The summed E-state index contributed by atoms with van der Waals surface area (Å²) in [5.74, 6) is 0.454. The second-order valence-electron chi connectivity index (χ2n) is 2.71. The van der Waals surface area contributed by atoms with E-state index in [4.69, 9.17) is 9.94 Å². The molecule has 0 aromatic heterocycles. The highest BCUT2D eigenvalue weighted by molar-refractivity contribution is 7.81. The van der Waals surface area contributed by atoms with Gasteiger partial charge in [-0.3, -0.25) is 10.0 Å². The minimum absolute atomic E-state index is 0.0243. The summed E-state index contributed by atoms with van der Waals surface area (Å²) in [6, 6.07) is 7.96. The Bertz CT molecular complexity index is 281. The fraction of sp³-hybridized carbons (Fsp3) is 0.300. The Kier molecular flexibility index (Phi) is 7.49. The van der Waals surface area contributed by atoms with Crippen molar-refractivity contribution in [2.75, 3.05) is 12.9 Å². The average molecular weight is 229 g/mol. The first-order valence-corrected chi connectivity index (χ1v) is 4.91. The zero-order valence-electron chi connectivity index (χ0n) is 8.73. The van der Waals surface area contributed by atoms with E-state index in [-0.39, 0.29) is 5.75 Å². The van der Waals surface area contributed by atoms with Gasteiger partial charge in [0.05, 0.1) is 12.9 Å². The van der Waals surface area contributed by atoms with Crippen molar-refractivity contribution in [3.63, 3.8) is 0 Å². The molecular weight excluding hydrogens is 214 g/mol. The maximum absolute atomic E-state index is 9.74. The highest BCUT2D eigenvalue weighted by Crippen LogP contribution is 2.09. The molecule has 1 amide bonds. The maximum Gasteiger partial charge on any atom is 0.253 e. The maximum atomic E-state index is 9.74. The number of benzene rings is 1. The first-order valence-electron chi connectivity index (χ1n) is 4.28. The summed E-state index contributed by atoms with van der Waals surface area (Å²) >= 11 is 3.52. The third-order valence-corrected chi connectivity index (χ3v) is 1.81. The van der Waals surface area contributed by atoms with Gasteiger partial charge in [-0.05, 0) is 19.1 Å². The summed E-state index contributed by atoms with van der Waals surface area (Å²) in [5, 5.41) is 7.69. The summed E-state index contributed by atoms with van der Waals surface area (Å²) in [6.45, 7) is 2.06. The number of amides is 1. The van der Waals surface area contributed by atoms with Crippen LogP contribution in [-0.2, 0) is 4.79 Å². The molecule has 0 radical (unpaired) electrons. The van der Waals surface area contributed by atoms with E-state index in [0.29, 0.717) is 0 Å². The molecule has 0 unspecified atom stereocenters. The fourth-order valence-electron chi connectivity index (χ4n) is 0.710. The average Bonchev–Trinajstić information content (AvgIpc) is 2.30. The molecule has 1 aromatic carbocycles. The Balaban J connectivity index is 0.000000288. The predicted molar refractivity (Wildman–Crippen MR) is 61.5 cm³/mol. The minimum Gasteiger partial charge on any atom is -0.497 e. The number of carbonyl (C=O) groups is 1. The Morgan fingerprint density at radius 3 is 2.27 bits per heavy atom. The first-order chi connectivity index (χ1) is 7.13. The number of ether oxygens (including phenoxy) is 1. The van der Waals surface area contributed by atoms with E-state index in [1.165, 1.54) is 11.0 Å². The van der Waals surface area contributed by atoms with Crippen LogP contribution < -0.4 is 10.2 Å². The molecule has 0 aliphatic rings. The van der Waals surface area contributed by atoms with Crippen LogP contribution in [0.4, 0.5) is 0 Å². The Morgan fingerprint density at radius 2 is 2.00 bits per heavy atom. The van der Waals surface area contributed by atoms with Gasteiger partial charge in [-0.25, -0.2) is 5.48 Å². The van der Waals surface area contributed by atoms with Crippen molar-refractivity contribution in [2.45, 2.75) is 6.92 Å². The second-order valence-corrected chi connectivity index (χ2v) is 3.03. The predicted octanol–water partition coefficient (Wildman–Crippen LogP) is 1.43. The monoisotopic (exact) mass is 229 g/mol. The lowest BCUT2D eigenvalue weighted by Gasteiger charge is -1.97. The topological polar surface area (TPSA) is 58.6 Å². The summed E-state index contributed by atoms with van der Waals surface area (Å²) in [7, 11) is 1.67. The number of methoxy groups -OCH3 is 1. The van der Waals surface area contributed by atoms with Crippen LogP contribution in [0.1, 0.15) is 5.56 Å². The normalized spacial score (nSPS) is 8.53. The molecule has 1 aromatic rings. The lowest BCUT2D eigenvalue weighted by molar-refractivity contribution is -0.126. The van der Waals surface area contributed by atoms with Gasteiger partial charge in [0.15, 0.2) is 0 Å². The molecule has 0 spiro atoms. The van der Waals surface area contributed by atoms with Gasteiger partial charge in [0.2, 0.25) is 0 Å². The van der Waals surface area contributed by atoms with Gasteiger partial charge in [-0.15, -0.1) is 0 Å². The Hall–Kier alpha value is -1.20. The van der Waals surface area contributed by atoms with E-state index in [1.807, 2.05) is 24.3 Å². The Morgan fingerprint density at radius 1 is 1.47 bits per heavy atom. The van der Waals surface area contributed by atoms with Crippen molar-refractivity contribution in [3.8, 4) is 5.75 Å². The number of carbonyl (C=O) groups excluding carboxylic acids is 1. The van der Waals surface area contributed by atoms with Gasteiger partial charge in [-0.2, -0.15) is 12.6 Å². The third kappa shape index (κ3) is 6.82. The largest absolute Gasteiger partial charge is 0.497 e. The molecule has 5 heteroatoms. The lowest BCUT2D eigenvalue weighted by atomic mass is 10.2. The van der Waals surface area contributed by atoms with Crippen molar-refractivity contribution in [3.05, 3.63) is 29.8 Å². The van der Waals surface area contributed by atoms with E-state index in [1.54, 1.807) is 7.11 Å². The van der Waals surface area contributed by atoms with Gasteiger partial charge >= 0.3 is 0 Å². The minimum atomic E-state index is -0.488. The smallest absolute Gasteiger partial charge is 0.253 e. The van der Waals surface area contributed by atoms with Crippen LogP contribution in [0.5, 0.6) is 5.75 Å². The quantitative estimate of drug-likeness (QED) is 0.408. The summed E-state index contributed by atoms with van der Waals surface area (Å²) in [5.41, 5.74) is 2.66. The highest BCUT2D eigenvalue weighted by Gasteiger charge is 1.87. The Labute approximate surface area is 94.6 Å². The van der Waals surface area contributed by atoms with Crippen LogP contribution in [0, 0.1) is 6.92 Å². The van der Waals surface area contributed by atoms with Crippen LogP contribution in [0.3, 0.4) is 0 Å². The molecule has 0 aliphatic carbocycles. The van der Waals surface area contributed by atoms with E-state index in [2.05, 4.69) is 19.6 Å². The van der Waals surface area contributed by atoms with E-state index in [9.17, 15) is 4.79 Å². The van der Waals surface area contributed by atoms with E-state index in [0.717, 1.165) is 5.75 Å². The number of thiol groups is 1. The van der Waals surface area contributed by atoms with Gasteiger partial charge in [0.1, 0.15) is 5.75 Å². The molecule has 1 rings (SSSR count). The van der Waals surface area contributed by atoms with Crippen LogP contribution >= 0.6 is 12.6 Å². The van der Waals surface area contributed by atoms with Crippen molar-refractivity contribution >= 4 is 18.5 Å². The molecule has 0 atom stereocenters. The summed E-state index contributed by atoms with van der Waals surface area (Å²) in [6.07, 6.45) is 0.